The molecule has 1 heterocycles. The van der Waals surface area contributed by atoms with Gasteiger partial charge in [0.2, 0.25) is 5.91 Å². The fraction of sp³-hybridized carbons (Fsp3) is 0.409. The van der Waals surface area contributed by atoms with Gasteiger partial charge in [-0.3, -0.25) is 9.69 Å². The van der Waals surface area contributed by atoms with Gasteiger partial charge in [0, 0.05) is 24.0 Å². The monoisotopic (exact) mass is 370 g/mol. The number of rotatable bonds is 6. The molecule has 0 saturated carbocycles. The summed E-state index contributed by atoms with van der Waals surface area (Å²) in [7, 11) is 0. The molecule has 0 aromatic heterocycles. The number of hydrogen-bond acceptors (Lipinski definition) is 2. The molecule has 3 nitrogen and oxygen atoms in total. The van der Waals surface area contributed by atoms with Gasteiger partial charge in [0.25, 0.3) is 0 Å². The number of nitrogens with one attached hydrogen (secondary N) is 1. The first-order valence-electron chi connectivity index (χ1n) is 9.41. The molecule has 0 aliphatic carbocycles. The standard InChI is InChI=1S/C22H27ClN2O/c1-17(19-5-3-2-4-6-19)15-24-22(26)20-11-13-25(14-12-20)16-18-7-9-21(23)10-8-18/h2-10,17,20H,11-16H2,1H3,(H,24,26)/t17-/m1/s1. The number of nitrogens with zero attached hydrogens (tertiary/aromatic N) is 1. The van der Waals surface area contributed by atoms with Gasteiger partial charge < -0.3 is 5.32 Å². The SMILES string of the molecule is C[C@H](CNC(=O)C1CCN(Cc2ccc(Cl)cc2)CC1)c1ccccc1. The Balaban J connectivity index is 1.41. The molecule has 1 amide bonds. The van der Waals surface area contributed by atoms with Crippen molar-refractivity contribution in [3.8, 4) is 0 Å². The highest BCUT2D eigenvalue weighted by Crippen LogP contribution is 2.20. The number of piperidine rings is 1. The van der Waals surface area contributed by atoms with Crippen LogP contribution in [0.1, 0.15) is 36.8 Å². The number of amides is 1. The molecule has 1 aliphatic rings. The van der Waals surface area contributed by atoms with E-state index in [4.69, 9.17) is 11.6 Å². The summed E-state index contributed by atoms with van der Waals surface area (Å²) in [6.45, 7) is 5.72. The molecular formula is C22H27ClN2O. The van der Waals surface area contributed by atoms with Gasteiger partial charge in [-0.05, 0) is 55.1 Å². The van der Waals surface area contributed by atoms with Crippen molar-refractivity contribution in [2.24, 2.45) is 5.92 Å². The van der Waals surface area contributed by atoms with Gasteiger partial charge in [-0.15, -0.1) is 0 Å². The topological polar surface area (TPSA) is 32.3 Å². The summed E-state index contributed by atoms with van der Waals surface area (Å²) in [4.78, 5) is 14.9. The zero-order chi connectivity index (χ0) is 18.4. The molecular weight excluding hydrogens is 344 g/mol. The second kappa shape index (κ2) is 9.20. The van der Waals surface area contributed by atoms with Crippen LogP contribution in [0.4, 0.5) is 0 Å². The third-order valence-corrected chi connectivity index (χ3v) is 5.48. The third kappa shape index (κ3) is 5.33. The van der Waals surface area contributed by atoms with E-state index >= 15 is 0 Å². The quantitative estimate of drug-likeness (QED) is 0.813. The van der Waals surface area contributed by atoms with Crippen LogP contribution in [0.25, 0.3) is 0 Å². The van der Waals surface area contributed by atoms with Gasteiger partial charge in [0.05, 0.1) is 0 Å². The van der Waals surface area contributed by atoms with Crippen molar-refractivity contribution < 1.29 is 4.79 Å². The van der Waals surface area contributed by atoms with Crippen molar-refractivity contribution in [3.63, 3.8) is 0 Å². The first-order chi connectivity index (χ1) is 12.6. The normalized spacial score (nSPS) is 17.0. The Hall–Kier alpha value is -1.84. The maximum absolute atomic E-state index is 12.5. The van der Waals surface area contributed by atoms with E-state index in [-0.39, 0.29) is 11.8 Å². The lowest BCUT2D eigenvalue weighted by molar-refractivity contribution is -0.126. The first kappa shape index (κ1) is 18.9. The number of halogens is 1. The summed E-state index contributed by atoms with van der Waals surface area (Å²) in [6, 6.07) is 18.4. The van der Waals surface area contributed by atoms with Crippen molar-refractivity contribution >= 4 is 17.5 Å². The maximum atomic E-state index is 12.5. The van der Waals surface area contributed by atoms with Gasteiger partial charge >= 0.3 is 0 Å². The van der Waals surface area contributed by atoms with Gasteiger partial charge in [-0.1, -0.05) is 61.0 Å². The van der Waals surface area contributed by atoms with E-state index in [1.807, 2.05) is 30.3 Å². The predicted molar refractivity (Wildman–Crippen MR) is 107 cm³/mol. The Morgan fingerprint density at radius 3 is 2.42 bits per heavy atom. The Morgan fingerprint density at radius 1 is 1.12 bits per heavy atom. The lowest BCUT2D eigenvalue weighted by atomic mass is 9.95. The molecule has 3 rings (SSSR count). The zero-order valence-corrected chi connectivity index (χ0v) is 16.1. The molecule has 0 spiro atoms. The summed E-state index contributed by atoms with van der Waals surface area (Å²) >= 11 is 5.94. The summed E-state index contributed by atoms with van der Waals surface area (Å²) in [5.41, 5.74) is 2.54. The van der Waals surface area contributed by atoms with Crippen molar-refractivity contribution in [2.45, 2.75) is 32.2 Å². The largest absolute Gasteiger partial charge is 0.355 e. The molecule has 2 aromatic rings. The lowest BCUT2D eigenvalue weighted by Gasteiger charge is -2.31. The number of likely N-dealkylation sites (tertiary alicyclic amines) is 1. The first-order valence-corrected chi connectivity index (χ1v) is 9.79. The zero-order valence-electron chi connectivity index (χ0n) is 15.3. The van der Waals surface area contributed by atoms with Crippen molar-refractivity contribution in [1.29, 1.82) is 0 Å². The van der Waals surface area contributed by atoms with Crippen LogP contribution in [0, 0.1) is 5.92 Å². The molecule has 4 heteroatoms. The maximum Gasteiger partial charge on any atom is 0.223 e. The fourth-order valence-corrected chi connectivity index (χ4v) is 3.62. The number of carbonyl (C=O) groups is 1. The lowest BCUT2D eigenvalue weighted by Crippen LogP contribution is -2.41. The molecule has 0 bridgehead atoms. The molecule has 0 unspecified atom stereocenters. The van der Waals surface area contributed by atoms with Crippen LogP contribution in [0.15, 0.2) is 54.6 Å². The Labute approximate surface area is 161 Å². The average molecular weight is 371 g/mol. The van der Waals surface area contributed by atoms with E-state index in [0.29, 0.717) is 12.5 Å². The van der Waals surface area contributed by atoms with Crippen molar-refractivity contribution in [2.75, 3.05) is 19.6 Å². The molecule has 138 valence electrons. The second-order valence-electron chi connectivity index (χ2n) is 7.23. The van der Waals surface area contributed by atoms with Crippen LogP contribution in [-0.2, 0) is 11.3 Å². The van der Waals surface area contributed by atoms with E-state index in [1.165, 1.54) is 11.1 Å². The third-order valence-electron chi connectivity index (χ3n) is 5.23. The minimum absolute atomic E-state index is 0.138. The van der Waals surface area contributed by atoms with Crippen LogP contribution in [0.3, 0.4) is 0 Å². The minimum atomic E-state index is 0.138. The highest BCUT2D eigenvalue weighted by molar-refractivity contribution is 6.30. The smallest absolute Gasteiger partial charge is 0.223 e. The van der Waals surface area contributed by atoms with E-state index < -0.39 is 0 Å². The van der Waals surface area contributed by atoms with Crippen LogP contribution in [0.5, 0.6) is 0 Å². The molecule has 2 aromatic carbocycles. The van der Waals surface area contributed by atoms with E-state index in [9.17, 15) is 4.79 Å². The van der Waals surface area contributed by atoms with Crippen molar-refractivity contribution in [1.82, 2.24) is 10.2 Å². The Kier molecular flexibility index (Phi) is 6.70. The van der Waals surface area contributed by atoms with Gasteiger partial charge in [-0.25, -0.2) is 0 Å². The summed E-state index contributed by atoms with van der Waals surface area (Å²) in [5.74, 6) is 0.684. The fourth-order valence-electron chi connectivity index (χ4n) is 3.50. The minimum Gasteiger partial charge on any atom is -0.355 e. The summed E-state index contributed by atoms with van der Waals surface area (Å²) < 4.78 is 0. The Bertz CT molecular complexity index is 694. The molecule has 0 radical (unpaired) electrons. The predicted octanol–water partition coefficient (Wildman–Crippen LogP) is 4.47. The second-order valence-corrected chi connectivity index (χ2v) is 7.67. The number of benzene rings is 2. The average Bonchev–Trinajstić information content (AvgIpc) is 2.69. The van der Waals surface area contributed by atoms with E-state index in [2.05, 4.69) is 41.4 Å². The molecule has 1 atom stereocenters. The van der Waals surface area contributed by atoms with Gasteiger partial charge in [0.15, 0.2) is 0 Å². The van der Waals surface area contributed by atoms with Gasteiger partial charge in [-0.2, -0.15) is 0 Å². The van der Waals surface area contributed by atoms with Crippen LogP contribution in [0.2, 0.25) is 5.02 Å². The molecule has 1 N–H and O–H groups in total. The highest BCUT2D eigenvalue weighted by Gasteiger charge is 2.25. The van der Waals surface area contributed by atoms with Crippen LogP contribution < -0.4 is 5.32 Å². The van der Waals surface area contributed by atoms with E-state index in [0.717, 1.165) is 37.5 Å². The Morgan fingerprint density at radius 2 is 1.77 bits per heavy atom. The number of carbonyl (C=O) groups excluding carboxylic acids is 1. The van der Waals surface area contributed by atoms with Crippen molar-refractivity contribution in [3.05, 3.63) is 70.7 Å². The molecule has 26 heavy (non-hydrogen) atoms. The summed E-state index contributed by atoms with van der Waals surface area (Å²) in [6.07, 6.45) is 1.86. The molecule has 1 saturated heterocycles. The van der Waals surface area contributed by atoms with Gasteiger partial charge in [0.1, 0.15) is 0 Å². The van der Waals surface area contributed by atoms with Crippen LogP contribution >= 0.6 is 11.6 Å². The summed E-state index contributed by atoms with van der Waals surface area (Å²) in [5, 5.41) is 3.92. The number of hydrogen-bond donors (Lipinski definition) is 1. The molecule has 1 aliphatic heterocycles. The molecule has 1 fully saturated rings. The highest BCUT2D eigenvalue weighted by atomic mass is 35.5. The van der Waals surface area contributed by atoms with Crippen LogP contribution in [-0.4, -0.2) is 30.4 Å². The van der Waals surface area contributed by atoms with E-state index in [1.54, 1.807) is 0 Å².